The van der Waals surface area contributed by atoms with Gasteiger partial charge in [0, 0.05) is 6.04 Å². The highest BCUT2D eigenvalue weighted by atomic mass is 19.1. The quantitative estimate of drug-likeness (QED) is 0.789. The van der Waals surface area contributed by atoms with Gasteiger partial charge in [-0.15, -0.1) is 0 Å². The van der Waals surface area contributed by atoms with Crippen LogP contribution in [0.2, 0.25) is 0 Å². The van der Waals surface area contributed by atoms with Crippen LogP contribution in [0.1, 0.15) is 31.2 Å². The largest absolute Gasteiger partial charge is 0.327 e. The summed E-state index contributed by atoms with van der Waals surface area (Å²) in [6.07, 6.45) is 5.86. The molecule has 1 nitrogen and oxygen atoms in total. The molecule has 1 aromatic carbocycles. The van der Waals surface area contributed by atoms with Gasteiger partial charge in [-0.3, -0.25) is 0 Å². The molecule has 1 unspecified atom stereocenters. The molecule has 0 saturated heterocycles. The van der Waals surface area contributed by atoms with Gasteiger partial charge in [0.2, 0.25) is 0 Å². The molecule has 0 heterocycles. The van der Waals surface area contributed by atoms with Crippen molar-refractivity contribution in [2.75, 3.05) is 0 Å². The Kier molecular flexibility index (Phi) is 3.37. The number of hydrogen-bond acceptors (Lipinski definition) is 1. The first-order valence-electron chi connectivity index (χ1n) is 5.76. The Morgan fingerprint density at radius 3 is 2.53 bits per heavy atom. The Morgan fingerprint density at radius 2 is 1.93 bits per heavy atom. The Balaban J connectivity index is 1.70. The Bertz CT molecular complexity index is 303. The molecule has 82 valence electrons. The van der Waals surface area contributed by atoms with Crippen LogP contribution >= 0.6 is 0 Å². The van der Waals surface area contributed by atoms with Gasteiger partial charge in [0.25, 0.3) is 0 Å². The van der Waals surface area contributed by atoms with E-state index in [4.69, 9.17) is 5.73 Å². The van der Waals surface area contributed by atoms with Gasteiger partial charge in [-0.25, -0.2) is 4.39 Å². The zero-order valence-corrected chi connectivity index (χ0v) is 8.95. The summed E-state index contributed by atoms with van der Waals surface area (Å²) < 4.78 is 12.6. The lowest BCUT2D eigenvalue weighted by atomic mass is 10.0. The van der Waals surface area contributed by atoms with Crippen molar-refractivity contribution in [2.24, 2.45) is 11.7 Å². The second-order valence-electron chi connectivity index (χ2n) is 4.52. The molecule has 1 atom stereocenters. The monoisotopic (exact) mass is 207 g/mol. The van der Waals surface area contributed by atoms with E-state index < -0.39 is 0 Å². The molecule has 0 aromatic heterocycles. The van der Waals surface area contributed by atoms with Crippen molar-refractivity contribution in [3.05, 3.63) is 35.6 Å². The Hall–Kier alpha value is -0.890. The summed E-state index contributed by atoms with van der Waals surface area (Å²) in [7, 11) is 0. The van der Waals surface area contributed by atoms with Crippen LogP contribution in [0.15, 0.2) is 24.3 Å². The standard InChI is InChI=1S/C13H18FN/c14-12-8-4-10(5-9-12)2-1-3-13(15)11-6-7-11/h4-5,8-9,11,13H,1-3,6-7,15H2. The van der Waals surface area contributed by atoms with E-state index in [1.165, 1.54) is 30.5 Å². The van der Waals surface area contributed by atoms with Gasteiger partial charge in [-0.2, -0.15) is 0 Å². The summed E-state index contributed by atoms with van der Waals surface area (Å²) >= 11 is 0. The van der Waals surface area contributed by atoms with Gasteiger partial charge in [-0.05, 0) is 55.7 Å². The van der Waals surface area contributed by atoms with E-state index in [2.05, 4.69) is 0 Å². The van der Waals surface area contributed by atoms with Gasteiger partial charge in [0.1, 0.15) is 5.82 Å². The van der Waals surface area contributed by atoms with Crippen LogP contribution in [0.5, 0.6) is 0 Å². The van der Waals surface area contributed by atoms with E-state index in [0.29, 0.717) is 6.04 Å². The molecule has 0 aliphatic heterocycles. The lowest BCUT2D eigenvalue weighted by Gasteiger charge is -2.09. The van der Waals surface area contributed by atoms with Crippen molar-refractivity contribution in [1.29, 1.82) is 0 Å². The van der Waals surface area contributed by atoms with Crippen molar-refractivity contribution in [3.63, 3.8) is 0 Å². The first kappa shape index (κ1) is 10.6. The second-order valence-corrected chi connectivity index (χ2v) is 4.52. The maximum atomic E-state index is 12.6. The highest BCUT2D eigenvalue weighted by molar-refractivity contribution is 5.16. The van der Waals surface area contributed by atoms with E-state index in [-0.39, 0.29) is 5.82 Å². The van der Waals surface area contributed by atoms with Crippen LogP contribution in [0.3, 0.4) is 0 Å². The van der Waals surface area contributed by atoms with Crippen molar-refractivity contribution in [1.82, 2.24) is 0 Å². The molecule has 2 rings (SSSR count). The molecule has 0 bridgehead atoms. The van der Waals surface area contributed by atoms with Gasteiger partial charge >= 0.3 is 0 Å². The van der Waals surface area contributed by atoms with Crippen molar-refractivity contribution < 1.29 is 4.39 Å². The predicted octanol–water partition coefficient (Wildman–Crippen LogP) is 2.89. The molecule has 1 aliphatic rings. The van der Waals surface area contributed by atoms with Crippen LogP contribution in [0.25, 0.3) is 0 Å². The maximum Gasteiger partial charge on any atom is 0.123 e. The normalized spacial score (nSPS) is 17.7. The highest BCUT2D eigenvalue weighted by Crippen LogP contribution is 2.33. The Morgan fingerprint density at radius 1 is 1.27 bits per heavy atom. The third-order valence-electron chi connectivity index (χ3n) is 3.14. The zero-order chi connectivity index (χ0) is 10.7. The fourth-order valence-electron chi connectivity index (χ4n) is 1.95. The van der Waals surface area contributed by atoms with Crippen LogP contribution in [0.4, 0.5) is 4.39 Å². The van der Waals surface area contributed by atoms with Gasteiger partial charge in [-0.1, -0.05) is 12.1 Å². The van der Waals surface area contributed by atoms with E-state index in [0.717, 1.165) is 25.2 Å². The number of hydrogen-bond donors (Lipinski definition) is 1. The predicted molar refractivity (Wildman–Crippen MR) is 60.0 cm³/mol. The molecule has 2 N–H and O–H groups in total. The molecular formula is C13H18FN. The van der Waals surface area contributed by atoms with Gasteiger partial charge < -0.3 is 5.73 Å². The summed E-state index contributed by atoms with van der Waals surface area (Å²) in [5.41, 5.74) is 7.22. The molecule has 0 radical (unpaired) electrons. The first-order chi connectivity index (χ1) is 7.25. The summed E-state index contributed by atoms with van der Waals surface area (Å²) in [5.74, 6) is 0.631. The number of aryl methyl sites for hydroxylation is 1. The third-order valence-corrected chi connectivity index (χ3v) is 3.14. The van der Waals surface area contributed by atoms with Crippen molar-refractivity contribution in [2.45, 2.75) is 38.1 Å². The molecule has 0 spiro atoms. The second kappa shape index (κ2) is 4.75. The molecule has 1 aromatic rings. The number of rotatable bonds is 5. The van der Waals surface area contributed by atoms with Gasteiger partial charge in [0.05, 0.1) is 0 Å². The molecule has 0 amide bonds. The molecule has 1 fully saturated rings. The molecular weight excluding hydrogens is 189 g/mol. The zero-order valence-electron chi connectivity index (χ0n) is 8.95. The maximum absolute atomic E-state index is 12.6. The molecule has 15 heavy (non-hydrogen) atoms. The van der Waals surface area contributed by atoms with E-state index in [1.54, 1.807) is 0 Å². The van der Waals surface area contributed by atoms with Crippen LogP contribution in [-0.4, -0.2) is 6.04 Å². The van der Waals surface area contributed by atoms with E-state index in [1.807, 2.05) is 12.1 Å². The van der Waals surface area contributed by atoms with Crippen LogP contribution < -0.4 is 5.73 Å². The van der Waals surface area contributed by atoms with Gasteiger partial charge in [0.15, 0.2) is 0 Å². The fourth-order valence-corrected chi connectivity index (χ4v) is 1.95. The van der Waals surface area contributed by atoms with Crippen LogP contribution in [0, 0.1) is 11.7 Å². The Labute approximate surface area is 90.5 Å². The van der Waals surface area contributed by atoms with Crippen molar-refractivity contribution >= 4 is 0 Å². The smallest absolute Gasteiger partial charge is 0.123 e. The molecule has 1 saturated carbocycles. The number of nitrogens with two attached hydrogens (primary N) is 1. The first-order valence-corrected chi connectivity index (χ1v) is 5.76. The third kappa shape index (κ3) is 3.31. The van der Waals surface area contributed by atoms with E-state index >= 15 is 0 Å². The van der Waals surface area contributed by atoms with Crippen molar-refractivity contribution in [3.8, 4) is 0 Å². The summed E-state index contributed by atoms with van der Waals surface area (Å²) in [6.45, 7) is 0. The molecule has 2 heteroatoms. The summed E-state index contributed by atoms with van der Waals surface area (Å²) in [6, 6.07) is 7.16. The minimum atomic E-state index is -0.159. The summed E-state index contributed by atoms with van der Waals surface area (Å²) in [4.78, 5) is 0. The molecule has 1 aliphatic carbocycles. The van der Waals surface area contributed by atoms with Crippen LogP contribution in [-0.2, 0) is 6.42 Å². The average Bonchev–Trinajstić information content (AvgIpc) is 3.04. The van der Waals surface area contributed by atoms with E-state index in [9.17, 15) is 4.39 Å². The summed E-state index contributed by atoms with van der Waals surface area (Å²) in [5, 5.41) is 0. The SMILES string of the molecule is NC(CCCc1ccc(F)cc1)C1CC1. The fraction of sp³-hybridized carbons (Fsp3) is 0.538. The minimum absolute atomic E-state index is 0.159. The topological polar surface area (TPSA) is 26.0 Å². The average molecular weight is 207 g/mol. The number of benzene rings is 1. The lowest BCUT2D eigenvalue weighted by Crippen LogP contribution is -2.22. The highest BCUT2D eigenvalue weighted by Gasteiger charge is 2.27. The minimum Gasteiger partial charge on any atom is -0.327 e. The lowest BCUT2D eigenvalue weighted by molar-refractivity contribution is 0.528. The number of halogens is 1.